The fourth-order valence-electron chi connectivity index (χ4n) is 3.57. The van der Waals surface area contributed by atoms with Crippen LogP contribution < -0.4 is 5.32 Å². The first-order chi connectivity index (χ1) is 8.74. The number of nitrogens with zero attached hydrogens (tertiary/aromatic N) is 1. The molecule has 0 aromatic carbocycles. The molecule has 0 bridgehead atoms. The summed E-state index contributed by atoms with van der Waals surface area (Å²) in [4.78, 5) is 2.85. The van der Waals surface area contributed by atoms with Gasteiger partial charge in [0.05, 0.1) is 0 Å². The Morgan fingerprint density at radius 1 is 1.11 bits per heavy atom. The number of hydrogen-bond donors (Lipinski definition) is 1. The highest BCUT2D eigenvalue weighted by atomic mass is 15.2. The molecule has 3 fully saturated rings. The molecule has 1 aliphatic heterocycles. The Bertz CT molecular complexity index is 268. The minimum absolute atomic E-state index is 0.819. The Hall–Kier alpha value is -0.0800. The second kappa shape index (κ2) is 5.50. The Labute approximate surface area is 113 Å². The van der Waals surface area contributed by atoms with Gasteiger partial charge in [-0.3, -0.25) is 4.90 Å². The van der Waals surface area contributed by atoms with Crippen LogP contribution in [0.4, 0.5) is 0 Å². The smallest absolute Gasteiger partial charge is 0.0249 e. The van der Waals surface area contributed by atoms with Crippen LogP contribution in [0.25, 0.3) is 0 Å². The summed E-state index contributed by atoms with van der Waals surface area (Å²) >= 11 is 0. The van der Waals surface area contributed by atoms with Crippen LogP contribution in [0, 0.1) is 17.8 Å². The minimum Gasteiger partial charge on any atom is -0.311 e. The maximum absolute atomic E-state index is 3.84. The van der Waals surface area contributed by atoms with Crippen LogP contribution in [-0.2, 0) is 0 Å². The van der Waals surface area contributed by atoms with Crippen molar-refractivity contribution in [3.05, 3.63) is 0 Å². The summed E-state index contributed by atoms with van der Waals surface area (Å²) in [5, 5.41) is 3.84. The molecular weight excluding hydrogens is 220 g/mol. The monoisotopic (exact) mass is 250 g/mol. The summed E-state index contributed by atoms with van der Waals surface area (Å²) in [6.07, 6.45) is 8.73. The minimum atomic E-state index is 0.819. The molecule has 0 aromatic rings. The molecule has 2 saturated carbocycles. The molecule has 2 heteroatoms. The van der Waals surface area contributed by atoms with E-state index in [2.05, 4.69) is 24.1 Å². The highest BCUT2D eigenvalue weighted by Gasteiger charge is 2.42. The van der Waals surface area contributed by atoms with E-state index in [-0.39, 0.29) is 0 Å². The lowest BCUT2D eigenvalue weighted by Gasteiger charge is -2.41. The van der Waals surface area contributed by atoms with Gasteiger partial charge < -0.3 is 5.32 Å². The first-order valence-corrected chi connectivity index (χ1v) is 8.21. The van der Waals surface area contributed by atoms with Crippen molar-refractivity contribution in [1.82, 2.24) is 10.2 Å². The standard InChI is InChI=1S/C16H30N2/c1-12(2)4-3-9-18-11-15(13-5-6-13)17-10-16(18)14-7-8-14/h12-17H,3-11H2,1-2H3. The predicted octanol–water partition coefficient (Wildman–Crippen LogP) is 2.89. The largest absolute Gasteiger partial charge is 0.311 e. The molecule has 0 aromatic heterocycles. The van der Waals surface area contributed by atoms with Crippen molar-refractivity contribution in [3.63, 3.8) is 0 Å². The fourth-order valence-corrected chi connectivity index (χ4v) is 3.57. The average molecular weight is 250 g/mol. The summed E-state index contributed by atoms with van der Waals surface area (Å²) in [6.45, 7) is 8.66. The molecule has 2 aliphatic carbocycles. The van der Waals surface area contributed by atoms with Crippen LogP contribution in [0.1, 0.15) is 52.4 Å². The van der Waals surface area contributed by atoms with Gasteiger partial charge in [0.15, 0.2) is 0 Å². The van der Waals surface area contributed by atoms with Gasteiger partial charge in [0.1, 0.15) is 0 Å². The van der Waals surface area contributed by atoms with Gasteiger partial charge >= 0.3 is 0 Å². The van der Waals surface area contributed by atoms with Gasteiger partial charge in [-0.1, -0.05) is 13.8 Å². The van der Waals surface area contributed by atoms with E-state index in [1.165, 1.54) is 58.2 Å². The predicted molar refractivity (Wildman–Crippen MR) is 76.7 cm³/mol. The van der Waals surface area contributed by atoms with E-state index in [0.29, 0.717) is 0 Å². The van der Waals surface area contributed by atoms with Gasteiger partial charge in [0.25, 0.3) is 0 Å². The summed E-state index contributed by atoms with van der Waals surface area (Å²) < 4.78 is 0. The van der Waals surface area contributed by atoms with Crippen LogP contribution in [0.15, 0.2) is 0 Å². The molecule has 3 aliphatic rings. The first-order valence-electron chi connectivity index (χ1n) is 8.21. The highest BCUT2D eigenvalue weighted by molar-refractivity contribution is 4.98. The van der Waals surface area contributed by atoms with Gasteiger partial charge in [-0.15, -0.1) is 0 Å². The molecule has 1 N–H and O–H groups in total. The van der Waals surface area contributed by atoms with E-state index in [4.69, 9.17) is 0 Å². The molecule has 18 heavy (non-hydrogen) atoms. The Morgan fingerprint density at radius 2 is 1.83 bits per heavy atom. The van der Waals surface area contributed by atoms with Gasteiger partial charge in [-0.25, -0.2) is 0 Å². The fraction of sp³-hybridized carbons (Fsp3) is 1.00. The average Bonchev–Trinajstić information content (AvgIpc) is 3.20. The normalized spacial score (nSPS) is 34.2. The zero-order valence-corrected chi connectivity index (χ0v) is 12.2. The van der Waals surface area contributed by atoms with Crippen LogP contribution in [0.5, 0.6) is 0 Å². The van der Waals surface area contributed by atoms with E-state index < -0.39 is 0 Å². The first kappa shape index (κ1) is 12.9. The topological polar surface area (TPSA) is 15.3 Å². The maximum Gasteiger partial charge on any atom is 0.0249 e. The molecule has 0 amide bonds. The van der Waals surface area contributed by atoms with Crippen molar-refractivity contribution in [2.24, 2.45) is 17.8 Å². The van der Waals surface area contributed by atoms with Crippen molar-refractivity contribution >= 4 is 0 Å². The van der Waals surface area contributed by atoms with Crippen LogP contribution in [0.2, 0.25) is 0 Å². The van der Waals surface area contributed by atoms with Crippen LogP contribution in [0.3, 0.4) is 0 Å². The van der Waals surface area contributed by atoms with Crippen molar-refractivity contribution < 1.29 is 0 Å². The lowest BCUT2D eigenvalue weighted by molar-refractivity contribution is 0.105. The number of hydrogen-bond acceptors (Lipinski definition) is 2. The Balaban J connectivity index is 1.51. The van der Waals surface area contributed by atoms with Crippen molar-refractivity contribution in [1.29, 1.82) is 0 Å². The molecule has 0 spiro atoms. The summed E-state index contributed by atoms with van der Waals surface area (Å²) in [5.41, 5.74) is 0. The quantitative estimate of drug-likeness (QED) is 0.780. The van der Waals surface area contributed by atoms with E-state index >= 15 is 0 Å². The summed E-state index contributed by atoms with van der Waals surface area (Å²) in [5.74, 6) is 2.90. The molecular formula is C16H30N2. The van der Waals surface area contributed by atoms with Crippen LogP contribution >= 0.6 is 0 Å². The molecule has 1 saturated heterocycles. The van der Waals surface area contributed by atoms with Crippen molar-refractivity contribution in [2.45, 2.75) is 64.5 Å². The third kappa shape index (κ3) is 3.27. The molecule has 3 rings (SSSR count). The van der Waals surface area contributed by atoms with E-state index in [1.807, 2.05) is 0 Å². The second-order valence-corrected chi connectivity index (χ2v) is 7.29. The zero-order valence-electron chi connectivity index (χ0n) is 12.2. The van der Waals surface area contributed by atoms with Gasteiger partial charge in [-0.2, -0.15) is 0 Å². The summed E-state index contributed by atoms with van der Waals surface area (Å²) in [6, 6.07) is 1.69. The van der Waals surface area contributed by atoms with E-state index in [1.54, 1.807) is 0 Å². The lowest BCUT2D eigenvalue weighted by atomic mass is 10.0. The Morgan fingerprint density at radius 3 is 2.44 bits per heavy atom. The molecule has 2 atom stereocenters. The third-order valence-corrected chi connectivity index (χ3v) is 5.07. The van der Waals surface area contributed by atoms with Crippen molar-refractivity contribution in [2.75, 3.05) is 19.6 Å². The third-order valence-electron chi connectivity index (χ3n) is 5.07. The maximum atomic E-state index is 3.84. The summed E-state index contributed by atoms with van der Waals surface area (Å²) in [7, 11) is 0. The molecule has 104 valence electrons. The second-order valence-electron chi connectivity index (χ2n) is 7.29. The molecule has 0 radical (unpaired) electrons. The molecule has 2 unspecified atom stereocenters. The SMILES string of the molecule is CC(C)CCCN1CC(C2CC2)NCC1C1CC1. The number of piperazine rings is 1. The van der Waals surface area contributed by atoms with Gasteiger partial charge in [0.2, 0.25) is 0 Å². The highest BCUT2D eigenvalue weighted by Crippen LogP contribution is 2.39. The van der Waals surface area contributed by atoms with E-state index in [9.17, 15) is 0 Å². The molecule has 1 heterocycles. The number of rotatable bonds is 6. The van der Waals surface area contributed by atoms with E-state index in [0.717, 1.165) is 29.8 Å². The van der Waals surface area contributed by atoms with Crippen LogP contribution in [-0.4, -0.2) is 36.6 Å². The molecule has 2 nitrogen and oxygen atoms in total. The van der Waals surface area contributed by atoms with Crippen molar-refractivity contribution in [3.8, 4) is 0 Å². The lowest BCUT2D eigenvalue weighted by Crippen LogP contribution is -2.58. The van der Waals surface area contributed by atoms with Gasteiger partial charge in [-0.05, 0) is 62.8 Å². The number of nitrogens with one attached hydrogen (secondary N) is 1. The Kier molecular flexibility index (Phi) is 3.95. The zero-order chi connectivity index (χ0) is 12.5. The van der Waals surface area contributed by atoms with Gasteiger partial charge in [0, 0.05) is 25.2 Å².